The summed E-state index contributed by atoms with van der Waals surface area (Å²) in [4.78, 5) is 5.24. The van der Waals surface area contributed by atoms with Crippen LogP contribution in [0.4, 0.5) is 0 Å². The highest BCUT2D eigenvalue weighted by Crippen LogP contribution is 2.14. The van der Waals surface area contributed by atoms with Crippen LogP contribution in [0.15, 0.2) is 13.2 Å². The van der Waals surface area contributed by atoms with Gasteiger partial charge in [-0.25, -0.2) is 0 Å². The molecule has 1 aliphatic rings. The number of rotatable bonds is 5. The minimum atomic E-state index is 0.827. The normalized spacial score (nSPS) is 20.4. The Hall–Kier alpha value is -0.340. The van der Waals surface area contributed by atoms with E-state index in [2.05, 4.69) is 43.7 Å². The third-order valence-corrected chi connectivity index (χ3v) is 3.43. The van der Waals surface area contributed by atoms with E-state index in [9.17, 15) is 0 Å². The molecule has 0 aromatic heterocycles. The van der Waals surface area contributed by atoms with Gasteiger partial charge in [0.2, 0.25) is 0 Å². The first-order chi connectivity index (χ1) is 8.81. The summed E-state index contributed by atoms with van der Waals surface area (Å²) in [6, 6.07) is 0.827. The lowest BCUT2D eigenvalue weighted by atomic mass is 10.1. The zero-order valence-corrected chi connectivity index (χ0v) is 13.5. The number of hydrogen-bond acceptors (Lipinski definition) is 2. The third kappa shape index (κ3) is 7.88. The first-order valence-electron chi connectivity index (χ1n) is 7.78. The molecule has 0 saturated carbocycles. The van der Waals surface area contributed by atoms with Crippen LogP contribution < -0.4 is 0 Å². The predicted molar refractivity (Wildman–Crippen MR) is 85.3 cm³/mol. The van der Waals surface area contributed by atoms with Gasteiger partial charge in [0.05, 0.1) is 0 Å². The second-order valence-electron chi connectivity index (χ2n) is 4.32. The Bertz CT molecular complexity index is 159. The lowest BCUT2D eigenvalue weighted by Crippen LogP contribution is -2.52. The van der Waals surface area contributed by atoms with Crippen molar-refractivity contribution in [2.75, 3.05) is 32.7 Å². The van der Waals surface area contributed by atoms with Gasteiger partial charge >= 0.3 is 0 Å². The van der Waals surface area contributed by atoms with Crippen LogP contribution in [-0.2, 0) is 0 Å². The number of hydrogen-bond donors (Lipinski definition) is 0. The Balaban J connectivity index is 0. The SMILES string of the molecule is C=C.CC.CCCC[C@@H]1CN(CC)CCN1CC. The van der Waals surface area contributed by atoms with Gasteiger partial charge in [-0.15, -0.1) is 13.2 Å². The number of piperazine rings is 1. The van der Waals surface area contributed by atoms with Gasteiger partial charge in [0.15, 0.2) is 0 Å². The van der Waals surface area contributed by atoms with E-state index in [1.165, 1.54) is 52.0 Å². The summed E-state index contributed by atoms with van der Waals surface area (Å²) in [6.07, 6.45) is 4.11. The van der Waals surface area contributed by atoms with Gasteiger partial charge in [-0.1, -0.05) is 47.5 Å². The topological polar surface area (TPSA) is 6.48 Å². The van der Waals surface area contributed by atoms with Gasteiger partial charge in [0.1, 0.15) is 0 Å². The molecule has 1 aliphatic heterocycles. The standard InChI is InChI=1S/C12H26N2.C2H6.C2H4/c1-4-7-8-12-11-13(5-2)9-10-14(12)6-3;2*1-2/h12H,4-11H2,1-3H3;1-2H3;1-2H2/t12-;;/m1../s1. The summed E-state index contributed by atoms with van der Waals surface area (Å²) in [5, 5.41) is 0. The molecule has 0 amide bonds. The molecule has 1 heterocycles. The molecule has 2 nitrogen and oxygen atoms in total. The van der Waals surface area contributed by atoms with Gasteiger partial charge in [0, 0.05) is 25.7 Å². The summed E-state index contributed by atoms with van der Waals surface area (Å²) >= 11 is 0. The molecule has 1 saturated heterocycles. The molecule has 1 fully saturated rings. The fourth-order valence-electron chi connectivity index (χ4n) is 2.37. The van der Waals surface area contributed by atoms with Gasteiger partial charge in [-0.05, 0) is 19.5 Å². The van der Waals surface area contributed by atoms with Crippen molar-refractivity contribution in [2.45, 2.75) is 59.9 Å². The third-order valence-electron chi connectivity index (χ3n) is 3.43. The maximum Gasteiger partial charge on any atom is 0.0223 e. The van der Waals surface area contributed by atoms with E-state index < -0.39 is 0 Å². The molecule has 1 atom stereocenters. The van der Waals surface area contributed by atoms with Crippen LogP contribution in [0.5, 0.6) is 0 Å². The number of likely N-dealkylation sites (N-methyl/N-ethyl adjacent to an activating group) is 2. The van der Waals surface area contributed by atoms with Crippen molar-refractivity contribution < 1.29 is 0 Å². The van der Waals surface area contributed by atoms with Crippen LogP contribution in [-0.4, -0.2) is 48.6 Å². The fourth-order valence-corrected chi connectivity index (χ4v) is 2.37. The Morgan fingerprint density at radius 1 is 1.00 bits per heavy atom. The minimum absolute atomic E-state index is 0.827. The molecule has 110 valence electrons. The monoisotopic (exact) mass is 256 g/mol. The average molecular weight is 256 g/mol. The van der Waals surface area contributed by atoms with E-state index >= 15 is 0 Å². The van der Waals surface area contributed by atoms with E-state index in [1.807, 2.05) is 13.8 Å². The highest BCUT2D eigenvalue weighted by atomic mass is 15.3. The summed E-state index contributed by atoms with van der Waals surface area (Å²) in [6.45, 7) is 23.2. The molecule has 2 heteroatoms. The Morgan fingerprint density at radius 3 is 2.06 bits per heavy atom. The molecule has 0 unspecified atom stereocenters. The second kappa shape index (κ2) is 14.7. The summed E-state index contributed by atoms with van der Waals surface area (Å²) < 4.78 is 0. The Labute approximate surface area is 116 Å². The lowest BCUT2D eigenvalue weighted by Gasteiger charge is -2.40. The summed E-state index contributed by atoms with van der Waals surface area (Å²) in [7, 11) is 0. The van der Waals surface area contributed by atoms with E-state index in [-0.39, 0.29) is 0 Å². The highest BCUT2D eigenvalue weighted by molar-refractivity contribution is 4.80. The molecule has 0 aliphatic carbocycles. The predicted octanol–water partition coefficient (Wildman–Crippen LogP) is 4.03. The van der Waals surface area contributed by atoms with Crippen LogP contribution >= 0.6 is 0 Å². The molecule has 18 heavy (non-hydrogen) atoms. The minimum Gasteiger partial charge on any atom is -0.301 e. The van der Waals surface area contributed by atoms with E-state index in [1.54, 1.807) is 0 Å². The van der Waals surface area contributed by atoms with Crippen molar-refractivity contribution in [1.29, 1.82) is 0 Å². The van der Waals surface area contributed by atoms with Gasteiger partial charge in [-0.3, -0.25) is 4.90 Å². The zero-order chi connectivity index (χ0) is 14.4. The average Bonchev–Trinajstić information content (AvgIpc) is 2.48. The second-order valence-corrected chi connectivity index (χ2v) is 4.32. The Morgan fingerprint density at radius 2 is 1.61 bits per heavy atom. The van der Waals surface area contributed by atoms with E-state index in [0.717, 1.165) is 6.04 Å². The molecule has 0 aromatic rings. The quantitative estimate of drug-likeness (QED) is 0.685. The molecule has 1 rings (SSSR count). The summed E-state index contributed by atoms with van der Waals surface area (Å²) in [5.41, 5.74) is 0. The van der Waals surface area contributed by atoms with Crippen molar-refractivity contribution in [3.8, 4) is 0 Å². The van der Waals surface area contributed by atoms with Crippen molar-refractivity contribution in [3.63, 3.8) is 0 Å². The van der Waals surface area contributed by atoms with Crippen LogP contribution in [0.25, 0.3) is 0 Å². The molecule has 0 radical (unpaired) electrons. The van der Waals surface area contributed by atoms with Crippen LogP contribution in [0.1, 0.15) is 53.9 Å². The van der Waals surface area contributed by atoms with Crippen molar-refractivity contribution >= 4 is 0 Å². The van der Waals surface area contributed by atoms with Crippen molar-refractivity contribution in [2.24, 2.45) is 0 Å². The smallest absolute Gasteiger partial charge is 0.0223 e. The van der Waals surface area contributed by atoms with Crippen molar-refractivity contribution in [1.82, 2.24) is 9.80 Å². The first kappa shape index (κ1) is 20.0. The van der Waals surface area contributed by atoms with Gasteiger partial charge in [0.25, 0.3) is 0 Å². The summed E-state index contributed by atoms with van der Waals surface area (Å²) in [5.74, 6) is 0. The van der Waals surface area contributed by atoms with E-state index in [0.29, 0.717) is 0 Å². The maximum absolute atomic E-state index is 3.00. The molecule has 0 aromatic carbocycles. The lowest BCUT2D eigenvalue weighted by molar-refractivity contribution is 0.0760. The van der Waals surface area contributed by atoms with Crippen molar-refractivity contribution in [3.05, 3.63) is 13.2 Å². The molecule has 0 N–H and O–H groups in total. The van der Waals surface area contributed by atoms with Crippen LogP contribution in [0.3, 0.4) is 0 Å². The largest absolute Gasteiger partial charge is 0.301 e. The van der Waals surface area contributed by atoms with E-state index in [4.69, 9.17) is 0 Å². The van der Waals surface area contributed by atoms with Crippen LogP contribution in [0.2, 0.25) is 0 Å². The maximum atomic E-state index is 3.00. The molecule has 0 bridgehead atoms. The van der Waals surface area contributed by atoms with Gasteiger partial charge < -0.3 is 4.90 Å². The highest BCUT2D eigenvalue weighted by Gasteiger charge is 2.23. The zero-order valence-electron chi connectivity index (χ0n) is 13.5. The fraction of sp³-hybridized carbons (Fsp3) is 0.875. The molecular weight excluding hydrogens is 220 g/mol. The number of nitrogens with zero attached hydrogens (tertiary/aromatic N) is 2. The molecule has 0 spiro atoms. The number of unbranched alkanes of at least 4 members (excludes halogenated alkanes) is 1. The van der Waals surface area contributed by atoms with Gasteiger partial charge in [-0.2, -0.15) is 0 Å². The van der Waals surface area contributed by atoms with Crippen LogP contribution in [0, 0.1) is 0 Å². The first-order valence-corrected chi connectivity index (χ1v) is 7.78. The molecular formula is C16H36N2. The Kier molecular flexibility index (Phi) is 16.3.